The number of halogens is 1. The highest BCUT2D eigenvalue weighted by atomic mass is 35.5. The molecule has 1 amide bonds. The van der Waals surface area contributed by atoms with Gasteiger partial charge in [0, 0.05) is 11.7 Å². The Morgan fingerprint density at radius 1 is 1.38 bits per heavy atom. The van der Waals surface area contributed by atoms with Gasteiger partial charge in [0.1, 0.15) is 5.15 Å². The van der Waals surface area contributed by atoms with Gasteiger partial charge in [-0.25, -0.2) is 9.97 Å². The summed E-state index contributed by atoms with van der Waals surface area (Å²) in [5, 5.41) is 3.40. The molecule has 2 heterocycles. The summed E-state index contributed by atoms with van der Waals surface area (Å²) in [6.45, 7) is 7.84. The van der Waals surface area contributed by atoms with Crippen molar-refractivity contribution in [3.63, 3.8) is 0 Å². The molecule has 0 aromatic carbocycles. The van der Waals surface area contributed by atoms with Gasteiger partial charge in [0.25, 0.3) is 5.91 Å². The molecule has 1 fully saturated rings. The van der Waals surface area contributed by atoms with Crippen molar-refractivity contribution in [2.24, 2.45) is 5.92 Å². The van der Waals surface area contributed by atoms with Crippen molar-refractivity contribution in [2.45, 2.75) is 46.1 Å². The van der Waals surface area contributed by atoms with Crippen LogP contribution in [0.15, 0.2) is 6.20 Å². The molecular weight excluding hydrogens is 288 g/mol. The molecule has 1 N–H and O–H groups in total. The molecule has 5 nitrogen and oxygen atoms in total. The second kappa shape index (κ2) is 4.70. The van der Waals surface area contributed by atoms with E-state index in [-0.39, 0.29) is 17.1 Å². The number of carbonyl (C=O) groups excluding carboxylic acids is 1. The minimum Gasteiger partial charge on any atom is -0.345 e. The van der Waals surface area contributed by atoms with Crippen molar-refractivity contribution in [1.82, 2.24) is 19.7 Å². The Kier molecular flexibility index (Phi) is 3.20. The van der Waals surface area contributed by atoms with Crippen LogP contribution < -0.4 is 5.32 Å². The standard InChI is InChI=1S/C15H19ClN4O/c1-8-7-20-9(2)12(16)18-11(13(20)17-8)14(21)19-15(3,4)10-5-6-10/h7,10H,5-6H2,1-4H3,(H,19,21). The molecule has 0 aliphatic heterocycles. The fraction of sp³-hybridized carbons (Fsp3) is 0.533. The van der Waals surface area contributed by atoms with Crippen molar-refractivity contribution in [3.05, 3.63) is 28.4 Å². The normalized spacial score (nSPS) is 15.5. The van der Waals surface area contributed by atoms with Crippen LogP contribution >= 0.6 is 11.6 Å². The van der Waals surface area contributed by atoms with E-state index in [0.29, 0.717) is 16.7 Å². The predicted molar refractivity (Wildman–Crippen MR) is 81.7 cm³/mol. The van der Waals surface area contributed by atoms with Gasteiger partial charge in [-0.05, 0) is 46.5 Å². The molecule has 0 unspecified atom stereocenters. The largest absolute Gasteiger partial charge is 0.345 e. The highest BCUT2D eigenvalue weighted by Gasteiger charge is 2.39. The van der Waals surface area contributed by atoms with Crippen LogP contribution in [0.1, 0.15) is 48.6 Å². The van der Waals surface area contributed by atoms with Crippen molar-refractivity contribution in [2.75, 3.05) is 0 Å². The molecule has 21 heavy (non-hydrogen) atoms. The Morgan fingerprint density at radius 3 is 2.67 bits per heavy atom. The molecule has 2 aromatic heterocycles. The zero-order valence-electron chi connectivity index (χ0n) is 12.7. The molecule has 0 atom stereocenters. The number of nitrogens with zero attached hydrogens (tertiary/aromatic N) is 3. The summed E-state index contributed by atoms with van der Waals surface area (Å²) in [6, 6.07) is 0. The Hall–Kier alpha value is -1.62. The lowest BCUT2D eigenvalue weighted by Gasteiger charge is -2.26. The summed E-state index contributed by atoms with van der Waals surface area (Å²) >= 11 is 6.15. The Balaban J connectivity index is 2.03. The average molecular weight is 307 g/mol. The SMILES string of the molecule is Cc1cn2c(C)c(Cl)nc(C(=O)NC(C)(C)C3CC3)c2n1. The Labute approximate surface area is 128 Å². The second-order valence-electron chi connectivity index (χ2n) is 6.36. The average Bonchev–Trinajstić information content (AvgIpc) is 3.17. The van der Waals surface area contributed by atoms with E-state index in [2.05, 4.69) is 15.3 Å². The maximum absolute atomic E-state index is 12.6. The van der Waals surface area contributed by atoms with E-state index < -0.39 is 0 Å². The molecule has 1 saturated carbocycles. The number of nitrogens with one attached hydrogen (secondary N) is 1. The van der Waals surface area contributed by atoms with Crippen LogP contribution in [0.4, 0.5) is 0 Å². The maximum Gasteiger partial charge on any atom is 0.274 e. The monoisotopic (exact) mass is 306 g/mol. The lowest BCUT2D eigenvalue weighted by molar-refractivity contribution is 0.0899. The smallest absolute Gasteiger partial charge is 0.274 e. The van der Waals surface area contributed by atoms with E-state index in [1.165, 1.54) is 0 Å². The first-order valence-electron chi connectivity index (χ1n) is 7.14. The van der Waals surface area contributed by atoms with Gasteiger partial charge in [0.15, 0.2) is 11.3 Å². The van der Waals surface area contributed by atoms with Crippen LogP contribution in [-0.4, -0.2) is 25.8 Å². The van der Waals surface area contributed by atoms with E-state index in [4.69, 9.17) is 11.6 Å². The topological polar surface area (TPSA) is 59.3 Å². The Bertz CT molecular complexity index is 731. The first-order valence-corrected chi connectivity index (χ1v) is 7.51. The van der Waals surface area contributed by atoms with E-state index >= 15 is 0 Å². The molecular formula is C15H19ClN4O. The number of imidazole rings is 1. The van der Waals surface area contributed by atoms with E-state index in [1.54, 1.807) is 0 Å². The summed E-state index contributed by atoms with van der Waals surface area (Å²) < 4.78 is 1.82. The van der Waals surface area contributed by atoms with Crippen molar-refractivity contribution in [1.29, 1.82) is 0 Å². The van der Waals surface area contributed by atoms with Crippen LogP contribution in [0.5, 0.6) is 0 Å². The Morgan fingerprint density at radius 2 is 2.05 bits per heavy atom. The lowest BCUT2D eigenvalue weighted by Crippen LogP contribution is -2.45. The molecule has 0 saturated heterocycles. The summed E-state index contributed by atoms with van der Waals surface area (Å²) in [5.41, 5.74) is 2.23. The van der Waals surface area contributed by atoms with Crippen molar-refractivity contribution in [3.8, 4) is 0 Å². The van der Waals surface area contributed by atoms with Gasteiger partial charge in [-0.1, -0.05) is 11.6 Å². The van der Waals surface area contributed by atoms with Gasteiger partial charge in [-0.3, -0.25) is 9.20 Å². The van der Waals surface area contributed by atoms with Gasteiger partial charge < -0.3 is 5.32 Å². The third kappa shape index (κ3) is 2.50. The number of hydrogen-bond donors (Lipinski definition) is 1. The highest BCUT2D eigenvalue weighted by Crippen LogP contribution is 2.39. The second-order valence-corrected chi connectivity index (χ2v) is 6.72. The van der Waals surface area contributed by atoms with Gasteiger partial charge in [-0.2, -0.15) is 0 Å². The molecule has 0 bridgehead atoms. The molecule has 3 rings (SSSR count). The number of fused-ring (bicyclic) bond motifs is 1. The summed E-state index contributed by atoms with van der Waals surface area (Å²) in [7, 11) is 0. The number of aromatic nitrogens is 3. The van der Waals surface area contributed by atoms with Gasteiger partial charge in [0.2, 0.25) is 0 Å². The fourth-order valence-electron chi connectivity index (χ4n) is 2.66. The molecule has 2 aromatic rings. The number of amides is 1. The van der Waals surface area contributed by atoms with Gasteiger partial charge in [0.05, 0.1) is 11.4 Å². The first kappa shape index (κ1) is 14.3. The van der Waals surface area contributed by atoms with Gasteiger partial charge in [-0.15, -0.1) is 0 Å². The van der Waals surface area contributed by atoms with E-state index in [9.17, 15) is 4.79 Å². The number of hydrogen-bond acceptors (Lipinski definition) is 3. The fourth-order valence-corrected chi connectivity index (χ4v) is 2.84. The molecule has 6 heteroatoms. The number of rotatable bonds is 3. The zero-order chi connectivity index (χ0) is 15.4. The van der Waals surface area contributed by atoms with Crippen molar-refractivity contribution >= 4 is 23.2 Å². The zero-order valence-corrected chi connectivity index (χ0v) is 13.5. The molecule has 0 spiro atoms. The molecule has 1 aliphatic carbocycles. The van der Waals surface area contributed by atoms with Crippen LogP contribution in [0.25, 0.3) is 5.65 Å². The minimum atomic E-state index is -0.227. The van der Waals surface area contributed by atoms with Crippen LogP contribution in [0.2, 0.25) is 5.15 Å². The first-order chi connectivity index (χ1) is 9.79. The van der Waals surface area contributed by atoms with Crippen LogP contribution in [-0.2, 0) is 0 Å². The number of carbonyl (C=O) groups is 1. The third-order valence-electron chi connectivity index (χ3n) is 4.16. The summed E-state index contributed by atoms with van der Waals surface area (Å²) in [4.78, 5) is 21.2. The van der Waals surface area contributed by atoms with Crippen molar-refractivity contribution < 1.29 is 4.79 Å². The summed E-state index contributed by atoms with van der Waals surface area (Å²) in [6.07, 6.45) is 4.18. The van der Waals surface area contributed by atoms with E-state index in [0.717, 1.165) is 24.2 Å². The van der Waals surface area contributed by atoms with Crippen LogP contribution in [0, 0.1) is 19.8 Å². The third-order valence-corrected chi connectivity index (χ3v) is 4.51. The summed E-state index contributed by atoms with van der Waals surface area (Å²) in [5.74, 6) is 0.323. The lowest BCUT2D eigenvalue weighted by atomic mass is 9.98. The maximum atomic E-state index is 12.6. The molecule has 112 valence electrons. The highest BCUT2D eigenvalue weighted by molar-refractivity contribution is 6.30. The number of aryl methyl sites for hydroxylation is 2. The molecule has 0 radical (unpaired) electrons. The quantitative estimate of drug-likeness (QED) is 0.948. The molecule has 1 aliphatic rings. The minimum absolute atomic E-state index is 0.218. The van der Waals surface area contributed by atoms with Crippen LogP contribution in [0.3, 0.4) is 0 Å². The predicted octanol–water partition coefficient (Wildman–Crippen LogP) is 2.92. The van der Waals surface area contributed by atoms with Gasteiger partial charge >= 0.3 is 0 Å². The van der Waals surface area contributed by atoms with E-state index in [1.807, 2.05) is 38.3 Å².